The van der Waals surface area contributed by atoms with E-state index in [0.29, 0.717) is 29.9 Å². The van der Waals surface area contributed by atoms with E-state index in [1.807, 2.05) is 0 Å². The molecule has 40 heavy (non-hydrogen) atoms. The summed E-state index contributed by atoms with van der Waals surface area (Å²) in [5, 5.41) is 6.55. The number of hydrogen-bond donors (Lipinski definition) is 2. The molecule has 0 heterocycles. The van der Waals surface area contributed by atoms with Crippen LogP contribution in [-0.2, 0) is 9.59 Å². The largest absolute Gasteiger partial charge is 0.494 e. The fourth-order valence-corrected chi connectivity index (χ4v) is 3.89. The van der Waals surface area contributed by atoms with E-state index in [1.54, 1.807) is 48.5 Å². The number of hydrazone groups is 1. The molecule has 2 aromatic carbocycles. The Morgan fingerprint density at radius 2 is 1.32 bits per heavy atom. The van der Waals surface area contributed by atoms with Crippen molar-refractivity contribution in [2.45, 2.75) is 90.9 Å². The predicted octanol–water partition coefficient (Wildman–Crippen LogP) is 6.57. The van der Waals surface area contributed by atoms with E-state index in [0.717, 1.165) is 37.9 Å². The molecule has 0 atom stereocenters. The van der Waals surface area contributed by atoms with Crippen LogP contribution in [0.25, 0.3) is 0 Å². The van der Waals surface area contributed by atoms with Gasteiger partial charge >= 0.3 is 5.97 Å². The van der Waals surface area contributed by atoms with Gasteiger partial charge in [-0.25, -0.2) is 10.2 Å². The van der Waals surface area contributed by atoms with E-state index in [9.17, 15) is 14.4 Å². The number of benzene rings is 2. The maximum atomic E-state index is 12.4. The number of carbonyl (C=O) groups excluding carboxylic acids is 3. The second-order valence-electron chi connectivity index (χ2n) is 9.83. The van der Waals surface area contributed by atoms with Crippen LogP contribution in [0.3, 0.4) is 0 Å². The zero-order chi connectivity index (χ0) is 28.8. The van der Waals surface area contributed by atoms with Crippen LogP contribution in [0.4, 0.5) is 0 Å². The minimum atomic E-state index is -0.464. The monoisotopic (exact) mass is 551 g/mol. The standard InChI is InChI=1S/C32H45N3O5/c1-3-5-7-8-9-10-11-12-13-14-30(36)33-25-31(37)35-34-24-26-15-19-29(20-16-26)40-32(38)27-17-21-28(22-18-27)39-23-6-4-2/h15-22,24H,3-14,23,25H2,1-2H3,(H,33,36)(H,35,37)/b34-24+. The third kappa shape index (κ3) is 14.5. The lowest BCUT2D eigenvalue weighted by Crippen LogP contribution is -2.34. The summed E-state index contributed by atoms with van der Waals surface area (Å²) >= 11 is 0. The lowest BCUT2D eigenvalue weighted by molar-refractivity contribution is -0.126. The highest BCUT2D eigenvalue weighted by Gasteiger charge is 2.09. The number of carbonyl (C=O) groups is 3. The molecule has 0 aliphatic heterocycles. The van der Waals surface area contributed by atoms with Crippen molar-refractivity contribution in [3.8, 4) is 11.5 Å². The molecular formula is C32H45N3O5. The summed E-state index contributed by atoms with van der Waals surface area (Å²) in [7, 11) is 0. The van der Waals surface area contributed by atoms with Crippen molar-refractivity contribution in [2.75, 3.05) is 13.2 Å². The molecule has 0 aliphatic carbocycles. The summed E-state index contributed by atoms with van der Waals surface area (Å²) in [6.07, 6.45) is 14.7. The van der Waals surface area contributed by atoms with Crippen molar-refractivity contribution in [3.63, 3.8) is 0 Å². The number of nitrogens with zero attached hydrogens (tertiary/aromatic N) is 1. The summed E-state index contributed by atoms with van der Waals surface area (Å²) in [4.78, 5) is 36.3. The molecule has 0 aromatic heterocycles. The quantitative estimate of drug-likeness (QED) is 0.0636. The second kappa shape index (κ2) is 20.3. The molecule has 2 rings (SSSR count). The molecule has 2 amide bonds. The van der Waals surface area contributed by atoms with Gasteiger partial charge in [0.15, 0.2) is 0 Å². The third-order valence-electron chi connectivity index (χ3n) is 6.30. The van der Waals surface area contributed by atoms with Crippen LogP contribution in [0, 0.1) is 0 Å². The van der Waals surface area contributed by atoms with Gasteiger partial charge in [-0.3, -0.25) is 9.59 Å². The Bertz CT molecular complexity index is 1040. The van der Waals surface area contributed by atoms with Crippen LogP contribution in [0.15, 0.2) is 53.6 Å². The Balaban J connectivity index is 1.60. The van der Waals surface area contributed by atoms with Crippen LogP contribution >= 0.6 is 0 Å². The average molecular weight is 552 g/mol. The smallest absolute Gasteiger partial charge is 0.343 e. The highest BCUT2D eigenvalue weighted by molar-refractivity contribution is 5.91. The number of hydrogen-bond acceptors (Lipinski definition) is 6. The predicted molar refractivity (Wildman–Crippen MR) is 159 cm³/mol. The first kappa shape index (κ1) is 32.5. The zero-order valence-corrected chi connectivity index (χ0v) is 24.1. The number of esters is 1. The fourth-order valence-electron chi connectivity index (χ4n) is 3.89. The van der Waals surface area contributed by atoms with Gasteiger partial charge in [0.1, 0.15) is 11.5 Å². The van der Waals surface area contributed by atoms with Crippen LogP contribution in [0.5, 0.6) is 11.5 Å². The second-order valence-corrected chi connectivity index (χ2v) is 9.83. The molecule has 2 aromatic rings. The van der Waals surface area contributed by atoms with Gasteiger partial charge in [0.2, 0.25) is 5.91 Å². The molecule has 218 valence electrons. The Labute approximate surface area is 238 Å². The number of rotatable bonds is 20. The molecule has 0 saturated heterocycles. The first-order valence-electron chi connectivity index (χ1n) is 14.7. The average Bonchev–Trinajstić information content (AvgIpc) is 2.96. The van der Waals surface area contributed by atoms with Crippen molar-refractivity contribution in [2.24, 2.45) is 5.10 Å². The molecule has 0 bridgehead atoms. The topological polar surface area (TPSA) is 106 Å². The first-order chi connectivity index (χ1) is 19.5. The Morgan fingerprint density at radius 3 is 1.98 bits per heavy atom. The first-order valence-corrected chi connectivity index (χ1v) is 14.7. The fraction of sp³-hybridized carbons (Fsp3) is 0.500. The van der Waals surface area contributed by atoms with Gasteiger partial charge < -0.3 is 14.8 Å². The van der Waals surface area contributed by atoms with Gasteiger partial charge in [0.05, 0.1) is 24.9 Å². The molecule has 0 saturated carbocycles. The van der Waals surface area contributed by atoms with Gasteiger partial charge in [-0.15, -0.1) is 0 Å². The van der Waals surface area contributed by atoms with E-state index in [2.05, 4.69) is 29.7 Å². The lowest BCUT2D eigenvalue weighted by atomic mass is 10.1. The van der Waals surface area contributed by atoms with Gasteiger partial charge in [-0.2, -0.15) is 5.10 Å². The highest BCUT2D eigenvalue weighted by atomic mass is 16.5. The molecule has 0 unspecified atom stereocenters. The Morgan fingerprint density at radius 1 is 0.725 bits per heavy atom. The number of amides is 2. The SMILES string of the molecule is CCCCCCCCCCCC(=O)NCC(=O)N/N=C/c1ccc(OC(=O)c2ccc(OCCCC)cc2)cc1. The molecule has 8 nitrogen and oxygen atoms in total. The summed E-state index contributed by atoms with van der Waals surface area (Å²) in [6.45, 7) is 4.85. The van der Waals surface area contributed by atoms with E-state index in [1.165, 1.54) is 44.7 Å². The summed E-state index contributed by atoms with van der Waals surface area (Å²) in [5.74, 6) is 0.127. The normalized spacial score (nSPS) is 10.8. The molecule has 0 aliphatic rings. The van der Waals surface area contributed by atoms with Gasteiger partial charge in [-0.1, -0.05) is 71.6 Å². The van der Waals surface area contributed by atoms with Crippen molar-refractivity contribution < 1.29 is 23.9 Å². The van der Waals surface area contributed by atoms with Crippen molar-refractivity contribution in [1.82, 2.24) is 10.7 Å². The maximum absolute atomic E-state index is 12.4. The lowest BCUT2D eigenvalue weighted by Gasteiger charge is -2.07. The van der Waals surface area contributed by atoms with Crippen LogP contribution in [0.1, 0.15) is 107 Å². The maximum Gasteiger partial charge on any atom is 0.343 e. The zero-order valence-electron chi connectivity index (χ0n) is 24.1. The minimum absolute atomic E-state index is 0.117. The summed E-state index contributed by atoms with van der Waals surface area (Å²) in [6, 6.07) is 13.6. The minimum Gasteiger partial charge on any atom is -0.494 e. The molecule has 0 spiro atoms. The van der Waals surface area contributed by atoms with Gasteiger partial charge in [-0.05, 0) is 66.9 Å². The molecule has 0 radical (unpaired) electrons. The summed E-state index contributed by atoms with van der Waals surface area (Å²) in [5.41, 5.74) is 3.54. The molecule has 2 N–H and O–H groups in total. The highest BCUT2D eigenvalue weighted by Crippen LogP contribution is 2.17. The Kier molecular flexibility index (Phi) is 16.5. The molecule has 8 heteroatoms. The number of unbranched alkanes of at least 4 members (excludes halogenated alkanes) is 9. The van der Waals surface area contributed by atoms with E-state index < -0.39 is 11.9 Å². The van der Waals surface area contributed by atoms with Crippen molar-refractivity contribution in [3.05, 3.63) is 59.7 Å². The van der Waals surface area contributed by atoms with Crippen LogP contribution in [0.2, 0.25) is 0 Å². The third-order valence-corrected chi connectivity index (χ3v) is 6.30. The molecular weight excluding hydrogens is 506 g/mol. The Hall–Kier alpha value is -3.68. The number of nitrogens with one attached hydrogen (secondary N) is 2. The van der Waals surface area contributed by atoms with E-state index in [-0.39, 0.29) is 12.5 Å². The van der Waals surface area contributed by atoms with Crippen LogP contribution in [-0.4, -0.2) is 37.1 Å². The van der Waals surface area contributed by atoms with Crippen LogP contribution < -0.4 is 20.2 Å². The summed E-state index contributed by atoms with van der Waals surface area (Å²) < 4.78 is 11.0. The van der Waals surface area contributed by atoms with Crippen molar-refractivity contribution >= 4 is 24.0 Å². The van der Waals surface area contributed by atoms with Crippen molar-refractivity contribution in [1.29, 1.82) is 0 Å². The van der Waals surface area contributed by atoms with Gasteiger partial charge in [0, 0.05) is 6.42 Å². The van der Waals surface area contributed by atoms with E-state index >= 15 is 0 Å². The number of ether oxygens (including phenoxy) is 2. The van der Waals surface area contributed by atoms with Gasteiger partial charge in [0.25, 0.3) is 5.91 Å². The molecule has 0 fully saturated rings. The van der Waals surface area contributed by atoms with E-state index in [4.69, 9.17) is 9.47 Å².